The largest absolute Gasteiger partial charge is 0.662 e. The molecule has 1 nitrogen and oxygen atoms in total. The molecular weight excluding hydrogens is 505 g/mol. The van der Waals surface area contributed by atoms with E-state index in [9.17, 15) is 74.6 Å². The van der Waals surface area contributed by atoms with Gasteiger partial charge in [-0.15, -0.1) is 13.1 Å². The van der Waals surface area contributed by atoms with Crippen LogP contribution in [0.2, 0.25) is 0 Å². The molecule has 0 N–H and O–H groups in total. The summed E-state index contributed by atoms with van der Waals surface area (Å²) >= 11 is 0. The minimum atomic E-state index is -8.59. The van der Waals surface area contributed by atoms with Crippen molar-refractivity contribution in [3.63, 3.8) is 0 Å². The van der Waals surface area contributed by atoms with E-state index in [0.717, 1.165) is 0 Å². The standard InChI is InChI=1S/C14H13F17N/c1-2-3-5-32-6-4-7(15,16)8(17,18)9(19,20)10(21,22)11(23,24)12(25,26)13(27,28)14(29,30)31/h2-6H2,1H3/q-1. The Morgan fingerprint density at radius 3 is 1.16 bits per heavy atom. The van der Waals surface area contributed by atoms with Gasteiger partial charge in [-0.25, -0.2) is 0 Å². The van der Waals surface area contributed by atoms with Crippen molar-refractivity contribution >= 4 is 0 Å². The fraction of sp³-hybridized carbons (Fsp3) is 1.00. The molecule has 0 saturated heterocycles. The van der Waals surface area contributed by atoms with Gasteiger partial charge in [-0.05, 0) is 6.42 Å². The number of hydrogen-bond acceptors (Lipinski definition) is 0. The van der Waals surface area contributed by atoms with Gasteiger partial charge in [0.05, 0.1) is 0 Å². The van der Waals surface area contributed by atoms with Crippen LogP contribution in [0.3, 0.4) is 0 Å². The molecule has 0 atom stereocenters. The van der Waals surface area contributed by atoms with Crippen LogP contribution in [0.1, 0.15) is 26.2 Å². The molecule has 194 valence electrons. The smallest absolute Gasteiger partial charge is 0.460 e. The molecule has 0 heterocycles. The number of hydrogen-bond donors (Lipinski definition) is 0. The van der Waals surface area contributed by atoms with E-state index in [-0.39, 0.29) is 13.0 Å². The van der Waals surface area contributed by atoms with Crippen molar-refractivity contribution in [2.45, 2.75) is 73.8 Å². The van der Waals surface area contributed by atoms with Crippen molar-refractivity contribution in [1.82, 2.24) is 0 Å². The van der Waals surface area contributed by atoms with Crippen LogP contribution in [0, 0.1) is 0 Å². The lowest BCUT2D eigenvalue weighted by atomic mass is 9.88. The molecule has 0 aliphatic rings. The summed E-state index contributed by atoms with van der Waals surface area (Å²) in [7, 11) is 0. The van der Waals surface area contributed by atoms with Crippen LogP contribution in [0.25, 0.3) is 5.32 Å². The summed E-state index contributed by atoms with van der Waals surface area (Å²) in [6.07, 6.45) is -9.70. The minimum Gasteiger partial charge on any atom is -0.662 e. The second-order valence-corrected chi connectivity index (χ2v) is 6.42. The van der Waals surface area contributed by atoms with Crippen molar-refractivity contribution in [3.05, 3.63) is 5.32 Å². The first-order valence-corrected chi connectivity index (χ1v) is 8.16. The van der Waals surface area contributed by atoms with Gasteiger partial charge in [0, 0.05) is 0 Å². The highest BCUT2D eigenvalue weighted by molar-refractivity contribution is 5.15. The van der Waals surface area contributed by atoms with Gasteiger partial charge in [0.25, 0.3) is 0 Å². The first-order valence-electron chi connectivity index (χ1n) is 8.16. The van der Waals surface area contributed by atoms with Gasteiger partial charge in [-0.3, -0.25) is 0 Å². The van der Waals surface area contributed by atoms with Crippen LogP contribution < -0.4 is 0 Å². The Hall–Kier alpha value is -1.23. The maximum atomic E-state index is 13.5. The topological polar surface area (TPSA) is 14.1 Å². The summed E-state index contributed by atoms with van der Waals surface area (Å²) in [4.78, 5) is 0. The monoisotopic (exact) mass is 518 g/mol. The first-order chi connectivity index (χ1) is 13.8. The maximum Gasteiger partial charge on any atom is 0.460 e. The SMILES string of the molecule is CCCC[N-]CCC(F)(F)C(F)(F)C(F)(F)C(F)(F)C(F)(F)C(F)(F)C(F)(F)C(F)(F)F. The number of unbranched alkanes of at least 4 members (excludes halogenated alkanes) is 1. The second kappa shape index (κ2) is 8.85. The van der Waals surface area contributed by atoms with E-state index in [4.69, 9.17) is 0 Å². The quantitative estimate of drug-likeness (QED) is 0.187. The summed E-state index contributed by atoms with van der Waals surface area (Å²) in [5, 5.41) is 3.11. The van der Waals surface area contributed by atoms with Gasteiger partial charge in [0.2, 0.25) is 0 Å². The Kier molecular flexibility index (Phi) is 8.51. The Morgan fingerprint density at radius 1 is 0.469 bits per heavy atom. The molecule has 0 rings (SSSR count). The van der Waals surface area contributed by atoms with E-state index >= 15 is 0 Å². The number of halogens is 17. The lowest BCUT2D eigenvalue weighted by molar-refractivity contribution is -0.461. The highest BCUT2D eigenvalue weighted by Crippen LogP contribution is 2.64. The van der Waals surface area contributed by atoms with Crippen molar-refractivity contribution in [1.29, 1.82) is 0 Å². The lowest BCUT2D eigenvalue weighted by Gasteiger charge is -2.43. The zero-order chi connectivity index (χ0) is 26.2. The Morgan fingerprint density at radius 2 is 0.812 bits per heavy atom. The minimum absolute atomic E-state index is 0.172. The van der Waals surface area contributed by atoms with Gasteiger partial charge >= 0.3 is 47.6 Å². The van der Waals surface area contributed by atoms with E-state index < -0.39 is 60.6 Å². The number of alkyl halides is 17. The molecule has 0 radical (unpaired) electrons. The summed E-state index contributed by atoms with van der Waals surface area (Å²) in [5.74, 6) is -55.9. The maximum absolute atomic E-state index is 13.5. The van der Waals surface area contributed by atoms with Crippen LogP contribution in [-0.4, -0.2) is 60.7 Å². The predicted molar refractivity (Wildman–Crippen MR) is 73.3 cm³/mol. The van der Waals surface area contributed by atoms with Gasteiger partial charge in [-0.2, -0.15) is 74.6 Å². The molecule has 0 saturated carbocycles. The molecule has 0 unspecified atom stereocenters. The molecular formula is C14H13F17N-. The highest BCUT2D eigenvalue weighted by Gasteiger charge is 2.95. The van der Waals surface area contributed by atoms with Gasteiger partial charge in [0.1, 0.15) is 0 Å². The Bertz CT molecular complexity index is 621. The van der Waals surface area contributed by atoms with Gasteiger partial charge < -0.3 is 5.32 Å². The molecule has 0 aliphatic heterocycles. The van der Waals surface area contributed by atoms with Crippen molar-refractivity contribution < 1.29 is 74.6 Å². The number of nitrogens with zero attached hydrogens (tertiary/aromatic N) is 1. The molecule has 0 aromatic rings. The molecule has 0 fully saturated rings. The summed E-state index contributed by atoms with van der Waals surface area (Å²) in [5.41, 5.74) is 0. The molecule has 0 aromatic carbocycles. The van der Waals surface area contributed by atoms with Crippen LogP contribution in [0.5, 0.6) is 0 Å². The predicted octanol–water partition coefficient (Wildman–Crippen LogP) is 7.56. The molecule has 0 aliphatic carbocycles. The zero-order valence-corrected chi connectivity index (χ0v) is 15.4. The molecule has 32 heavy (non-hydrogen) atoms. The zero-order valence-electron chi connectivity index (χ0n) is 15.4. The van der Waals surface area contributed by atoms with Crippen LogP contribution in [0.15, 0.2) is 0 Å². The van der Waals surface area contributed by atoms with Crippen molar-refractivity contribution in [3.8, 4) is 0 Å². The summed E-state index contributed by atoms with van der Waals surface area (Å²) < 4.78 is 221. The third kappa shape index (κ3) is 4.56. The van der Waals surface area contributed by atoms with E-state index in [1.54, 1.807) is 6.92 Å². The summed E-state index contributed by atoms with van der Waals surface area (Å²) in [6, 6.07) is 0. The van der Waals surface area contributed by atoms with Gasteiger partial charge in [0.15, 0.2) is 0 Å². The van der Waals surface area contributed by atoms with E-state index in [2.05, 4.69) is 5.32 Å². The molecule has 0 amide bonds. The molecule has 18 heteroatoms. The Balaban J connectivity index is 6.25. The van der Waals surface area contributed by atoms with E-state index in [1.807, 2.05) is 0 Å². The fourth-order valence-electron chi connectivity index (χ4n) is 1.95. The van der Waals surface area contributed by atoms with Crippen LogP contribution in [0.4, 0.5) is 74.6 Å². The fourth-order valence-corrected chi connectivity index (χ4v) is 1.95. The first kappa shape index (κ1) is 30.8. The molecule has 0 aromatic heterocycles. The third-order valence-corrected chi connectivity index (χ3v) is 4.04. The van der Waals surface area contributed by atoms with E-state index in [1.165, 1.54) is 0 Å². The lowest BCUT2D eigenvalue weighted by Crippen LogP contribution is -2.74. The van der Waals surface area contributed by atoms with Crippen LogP contribution >= 0.6 is 0 Å². The van der Waals surface area contributed by atoms with Crippen LogP contribution in [-0.2, 0) is 0 Å². The molecule has 0 bridgehead atoms. The second-order valence-electron chi connectivity index (χ2n) is 6.42. The van der Waals surface area contributed by atoms with Crippen molar-refractivity contribution in [2.75, 3.05) is 13.1 Å². The average molecular weight is 518 g/mol. The third-order valence-electron chi connectivity index (χ3n) is 4.04. The average Bonchev–Trinajstić information content (AvgIpc) is 2.59. The summed E-state index contributed by atoms with van der Waals surface area (Å²) in [6.45, 7) is -0.191. The Labute approximate surface area is 168 Å². The number of rotatable bonds is 12. The van der Waals surface area contributed by atoms with Crippen molar-refractivity contribution in [2.24, 2.45) is 0 Å². The highest BCUT2D eigenvalue weighted by atomic mass is 19.4. The molecule has 0 spiro atoms. The van der Waals surface area contributed by atoms with E-state index in [0.29, 0.717) is 6.42 Å². The van der Waals surface area contributed by atoms with Gasteiger partial charge in [-0.1, -0.05) is 19.8 Å². The normalized spacial score (nSPS) is 15.9.